The van der Waals surface area contributed by atoms with Crippen molar-refractivity contribution < 1.29 is 9.90 Å². The van der Waals surface area contributed by atoms with Crippen molar-refractivity contribution in [3.63, 3.8) is 0 Å². The van der Waals surface area contributed by atoms with E-state index in [9.17, 15) is 4.79 Å². The van der Waals surface area contributed by atoms with E-state index in [1.165, 1.54) is 4.90 Å². The Kier molecular flexibility index (Phi) is 4.73. The lowest BCUT2D eigenvalue weighted by Gasteiger charge is -2.38. The van der Waals surface area contributed by atoms with Crippen LogP contribution in [0.2, 0.25) is 5.02 Å². The number of piperazine rings is 1. The molecule has 20 heavy (non-hydrogen) atoms. The number of hydrogen-bond donors (Lipinski definition) is 2. The Morgan fingerprint density at radius 3 is 2.80 bits per heavy atom. The molecule has 0 saturated carbocycles. The molecule has 0 unspecified atom stereocenters. The summed E-state index contributed by atoms with van der Waals surface area (Å²) in [6.07, 6.45) is -0.839. The predicted molar refractivity (Wildman–Crippen MR) is 80.5 cm³/mol. The van der Waals surface area contributed by atoms with Crippen LogP contribution >= 0.6 is 11.6 Å². The van der Waals surface area contributed by atoms with E-state index in [2.05, 4.69) is 10.2 Å². The molecule has 1 atom stereocenters. The van der Waals surface area contributed by atoms with E-state index in [1.54, 1.807) is 0 Å². The molecular weight excluding hydrogens is 278 g/mol. The minimum Gasteiger partial charge on any atom is -0.465 e. The molecule has 110 valence electrons. The average molecular weight is 298 g/mol. The third kappa shape index (κ3) is 3.35. The molecule has 1 aromatic rings. The zero-order chi connectivity index (χ0) is 14.7. The van der Waals surface area contributed by atoms with Gasteiger partial charge in [-0.3, -0.25) is 4.90 Å². The van der Waals surface area contributed by atoms with E-state index >= 15 is 0 Å². The van der Waals surface area contributed by atoms with Crippen molar-refractivity contribution in [3.8, 4) is 0 Å². The lowest BCUT2D eigenvalue weighted by atomic mass is 10.1. The zero-order valence-corrected chi connectivity index (χ0v) is 12.5. The number of nitrogens with zero attached hydrogens (tertiary/aromatic N) is 2. The zero-order valence-electron chi connectivity index (χ0n) is 11.8. The number of amides is 1. The molecule has 1 amide bonds. The van der Waals surface area contributed by atoms with Crippen LogP contribution in [0.3, 0.4) is 0 Å². The average Bonchev–Trinajstić information content (AvgIpc) is 2.40. The summed E-state index contributed by atoms with van der Waals surface area (Å²) in [4.78, 5) is 14.8. The monoisotopic (exact) mass is 297 g/mol. The second-order valence-electron chi connectivity index (χ2n) is 5.12. The van der Waals surface area contributed by atoms with Gasteiger partial charge in [0.05, 0.1) is 0 Å². The van der Waals surface area contributed by atoms with Gasteiger partial charge >= 0.3 is 6.09 Å². The maximum absolute atomic E-state index is 11.0. The minimum absolute atomic E-state index is 0.0107. The van der Waals surface area contributed by atoms with Crippen molar-refractivity contribution in [1.29, 1.82) is 0 Å². The van der Waals surface area contributed by atoms with Gasteiger partial charge in [0, 0.05) is 50.0 Å². The Labute approximate surface area is 124 Å². The van der Waals surface area contributed by atoms with Crippen LogP contribution in [0.1, 0.15) is 12.5 Å². The molecule has 0 aliphatic carbocycles. The van der Waals surface area contributed by atoms with Crippen molar-refractivity contribution in [1.82, 2.24) is 9.80 Å². The highest BCUT2D eigenvalue weighted by Gasteiger charge is 2.27. The van der Waals surface area contributed by atoms with E-state index in [1.807, 2.05) is 32.2 Å². The fourth-order valence-corrected chi connectivity index (χ4v) is 2.77. The molecule has 6 heteroatoms. The van der Waals surface area contributed by atoms with Crippen LogP contribution in [0, 0.1) is 0 Å². The second kappa shape index (κ2) is 6.33. The van der Waals surface area contributed by atoms with E-state index < -0.39 is 6.09 Å². The molecule has 2 rings (SSSR count). The van der Waals surface area contributed by atoms with Crippen LogP contribution in [-0.4, -0.2) is 53.7 Å². The topological polar surface area (TPSA) is 55.8 Å². The van der Waals surface area contributed by atoms with Crippen LogP contribution in [0.4, 0.5) is 10.5 Å². The first-order valence-corrected chi connectivity index (χ1v) is 7.07. The fraction of sp³-hybridized carbons (Fsp3) is 0.500. The number of anilines is 1. The van der Waals surface area contributed by atoms with Gasteiger partial charge in [0.1, 0.15) is 0 Å². The number of benzene rings is 1. The molecule has 5 nitrogen and oxygen atoms in total. The van der Waals surface area contributed by atoms with Crippen LogP contribution in [0.15, 0.2) is 18.2 Å². The van der Waals surface area contributed by atoms with Crippen LogP contribution < -0.4 is 5.32 Å². The second-order valence-corrected chi connectivity index (χ2v) is 5.52. The molecule has 0 spiro atoms. The molecule has 1 aliphatic heterocycles. The minimum atomic E-state index is -0.839. The van der Waals surface area contributed by atoms with Crippen LogP contribution in [-0.2, 0) is 6.54 Å². The van der Waals surface area contributed by atoms with Crippen molar-refractivity contribution in [2.75, 3.05) is 32.0 Å². The Balaban J connectivity index is 2.00. The largest absolute Gasteiger partial charge is 0.465 e. The highest BCUT2D eigenvalue weighted by molar-refractivity contribution is 6.31. The van der Waals surface area contributed by atoms with Crippen molar-refractivity contribution in [3.05, 3.63) is 28.8 Å². The van der Waals surface area contributed by atoms with E-state index in [0.29, 0.717) is 6.54 Å². The van der Waals surface area contributed by atoms with E-state index in [0.717, 1.165) is 35.9 Å². The summed E-state index contributed by atoms with van der Waals surface area (Å²) < 4.78 is 0. The first-order chi connectivity index (χ1) is 9.51. The van der Waals surface area contributed by atoms with Gasteiger partial charge in [0.15, 0.2) is 0 Å². The molecule has 1 heterocycles. The summed E-state index contributed by atoms with van der Waals surface area (Å²) >= 11 is 6.27. The number of carbonyl (C=O) groups is 1. The summed E-state index contributed by atoms with van der Waals surface area (Å²) in [7, 11) is 1.86. The van der Waals surface area contributed by atoms with Crippen LogP contribution in [0.5, 0.6) is 0 Å². The van der Waals surface area contributed by atoms with E-state index in [4.69, 9.17) is 16.7 Å². The van der Waals surface area contributed by atoms with Crippen LogP contribution in [0.25, 0.3) is 0 Å². The Morgan fingerprint density at radius 1 is 1.50 bits per heavy atom. The number of hydrogen-bond acceptors (Lipinski definition) is 3. The van der Waals surface area contributed by atoms with Gasteiger partial charge in [-0.05, 0) is 24.6 Å². The molecule has 1 fully saturated rings. The summed E-state index contributed by atoms with van der Waals surface area (Å²) in [5.74, 6) is 0. The maximum Gasteiger partial charge on any atom is 0.407 e. The highest BCUT2D eigenvalue weighted by Crippen LogP contribution is 2.23. The van der Waals surface area contributed by atoms with Gasteiger partial charge in [-0.1, -0.05) is 17.7 Å². The normalized spacial score (nSPS) is 19.9. The Morgan fingerprint density at radius 2 is 2.25 bits per heavy atom. The maximum atomic E-state index is 11.0. The lowest BCUT2D eigenvalue weighted by Crippen LogP contribution is -2.53. The van der Waals surface area contributed by atoms with Gasteiger partial charge in [-0.15, -0.1) is 0 Å². The number of nitrogens with one attached hydrogen (secondary N) is 1. The van der Waals surface area contributed by atoms with Crippen molar-refractivity contribution >= 4 is 23.4 Å². The van der Waals surface area contributed by atoms with E-state index in [-0.39, 0.29) is 6.04 Å². The first-order valence-electron chi connectivity index (χ1n) is 6.69. The third-order valence-electron chi connectivity index (χ3n) is 3.69. The fourth-order valence-electron chi connectivity index (χ4n) is 2.53. The third-order valence-corrected chi connectivity index (χ3v) is 4.04. The Hall–Kier alpha value is -1.46. The molecule has 0 aromatic heterocycles. The molecular formula is C14H20ClN3O2. The summed E-state index contributed by atoms with van der Waals surface area (Å²) in [5.41, 5.74) is 2.06. The standard InChI is InChI=1S/C14H20ClN3O2/c1-10-8-17(5-6-18(10)14(19)20)9-11-3-4-12(16-2)7-13(11)15/h3-4,7,10,16H,5-6,8-9H2,1-2H3,(H,19,20)/t10-/m0/s1. The van der Waals surface area contributed by atoms with Crippen molar-refractivity contribution in [2.45, 2.75) is 19.5 Å². The summed E-state index contributed by atoms with van der Waals surface area (Å²) in [6.45, 7) is 4.70. The predicted octanol–water partition coefficient (Wildman–Crippen LogP) is 2.57. The molecule has 1 aromatic carbocycles. The molecule has 0 bridgehead atoms. The SMILES string of the molecule is CNc1ccc(CN2CCN(C(=O)O)[C@@H](C)C2)c(Cl)c1. The molecule has 0 radical (unpaired) electrons. The number of carboxylic acid groups (broad SMARTS) is 1. The van der Waals surface area contributed by atoms with Gasteiger partial charge in [-0.25, -0.2) is 4.79 Å². The van der Waals surface area contributed by atoms with Crippen molar-refractivity contribution in [2.24, 2.45) is 0 Å². The number of halogens is 1. The Bertz CT molecular complexity index is 495. The van der Waals surface area contributed by atoms with Gasteiger partial charge < -0.3 is 15.3 Å². The van der Waals surface area contributed by atoms with Gasteiger partial charge in [-0.2, -0.15) is 0 Å². The highest BCUT2D eigenvalue weighted by atomic mass is 35.5. The number of rotatable bonds is 3. The molecule has 1 saturated heterocycles. The lowest BCUT2D eigenvalue weighted by molar-refractivity contribution is 0.0711. The summed E-state index contributed by atoms with van der Waals surface area (Å²) in [6, 6.07) is 5.94. The quantitative estimate of drug-likeness (QED) is 0.900. The van der Waals surface area contributed by atoms with Gasteiger partial charge in [0.2, 0.25) is 0 Å². The smallest absolute Gasteiger partial charge is 0.407 e. The first kappa shape index (κ1) is 14.9. The summed E-state index contributed by atoms with van der Waals surface area (Å²) in [5, 5.41) is 12.9. The molecule has 1 aliphatic rings. The molecule has 2 N–H and O–H groups in total. The van der Waals surface area contributed by atoms with Gasteiger partial charge in [0.25, 0.3) is 0 Å².